The number of carbonyl (C=O) groups excluding carboxylic acids is 1. The quantitative estimate of drug-likeness (QED) is 0.702. The Morgan fingerprint density at radius 3 is 3.18 bits per heavy atom. The number of nitrogens with one attached hydrogen (secondary N) is 2. The molecule has 1 amide bonds. The molecule has 5 nitrogen and oxygen atoms in total. The maximum absolute atomic E-state index is 11.0. The predicted octanol–water partition coefficient (Wildman–Crippen LogP) is 0.734. The Bertz CT molecular complexity index is 388. The minimum Gasteiger partial charge on any atom is -0.370 e. The van der Waals surface area contributed by atoms with E-state index in [1.54, 1.807) is 12.1 Å². The van der Waals surface area contributed by atoms with Crippen molar-refractivity contribution in [1.82, 2.24) is 10.3 Å². The molecule has 1 fully saturated rings. The molecular weight excluding hydrogens is 216 g/mol. The van der Waals surface area contributed by atoms with Crippen molar-refractivity contribution in [3.63, 3.8) is 0 Å². The van der Waals surface area contributed by atoms with Crippen molar-refractivity contribution in [2.24, 2.45) is 5.73 Å². The van der Waals surface area contributed by atoms with Crippen LogP contribution in [0.1, 0.15) is 29.8 Å². The van der Waals surface area contributed by atoms with E-state index in [9.17, 15) is 4.79 Å². The first-order valence-electron chi connectivity index (χ1n) is 6.00. The lowest BCUT2D eigenvalue weighted by Crippen LogP contribution is -2.24. The molecule has 5 heteroatoms. The Kier molecular flexibility index (Phi) is 3.93. The summed E-state index contributed by atoms with van der Waals surface area (Å²) in [6, 6.07) is 5.85. The number of anilines is 1. The standard InChI is InChI=1S/C12H18N4O/c13-12(17)10-4-1-5-11(16-10)15-8-6-9-3-2-7-14-9/h1,4-5,9,14H,2-3,6-8H2,(H2,13,17)(H,15,16)/t9-/m1/s1. The second kappa shape index (κ2) is 5.63. The summed E-state index contributed by atoms with van der Waals surface area (Å²) in [6.45, 7) is 1.98. The number of hydrogen-bond donors (Lipinski definition) is 3. The van der Waals surface area contributed by atoms with Crippen molar-refractivity contribution in [1.29, 1.82) is 0 Å². The molecule has 0 saturated carbocycles. The van der Waals surface area contributed by atoms with E-state index in [2.05, 4.69) is 15.6 Å². The van der Waals surface area contributed by atoms with Crippen molar-refractivity contribution in [3.8, 4) is 0 Å². The van der Waals surface area contributed by atoms with Crippen LogP contribution in [0.2, 0.25) is 0 Å². The van der Waals surface area contributed by atoms with Crippen molar-refractivity contribution < 1.29 is 4.79 Å². The monoisotopic (exact) mass is 234 g/mol. The van der Waals surface area contributed by atoms with Gasteiger partial charge in [-0.25, -0.2) is 4.98 Å². The summed E-state index contributed by atoms with van der Waals surface area (Å²) < 4.78 is 0. The molecule has 2 rings (SSSR count). The van der Waals surface area contributed by atoms with Gasteiger partial charge < -0.3 is 16.4 Å². The van der Waals surface area contributed by atoms with E-state index >= 15 is 0 Å². The molecule has 0 aliphatic carbocycles. The summed E-state index contributed by atoms with van der Waals surface area (Å²) in [5.41, 5.74) is 5.47. The fourth-order valence-corrected chi connectivity index (χ4v) is 2.05. The first-order chi connectivity index (χ1) is 8.25. The number of hydrogen-bond acceptors (Lipinski definition) is 4. The molecule has 0 unspecified atom stereocenters. The maximum atomic E-state index is 11.0. The third-order valence-corrected chi connectivity index (χ3v) is 2.96. The Balaban J connectivity index is 1.81. The van der Waals surface area contributed by atoms with Gasteiger partial charge in [-0.2, -0.15) is 0 Å². The summed E-state index contributed by atoms with van der Waals surface area (Å²) in [6.07, 6.45) is 3.58. The average molecular weight is 234 g/mol. The molecular formula is C12H18N4O. The van der Waals surface area contributed by atoms with Gasteiger partial charge in [0, 0.05) is 12.6 Å². The predicted molar refractivity (Wildman–Crippen MR) is 66.9 cm³/mol. The zero-order valence-electron chi connectivity index (χ0n) is 9.78. The highest BCUT2D eigenvalue weighted by atomic mass is 16.1. The number of nitrogens with two attached hydrogens (primary N) is 1. The van der Waals surface area contributed by atoms with Gasteiger partial charge in [-0.15, -0.1) is 0 Å². The van der Waals surface area contributed by atoms with Crippen LogP contribution in [0.4, 0.5) is 5.82 Å². The fraction of sp³-hybridized carbons (Fsp3) is 0.500. The molecule has 0 aromatic carbocycles. The Labute approximate surface area is 101 Å². The van der Waals surface area contributed by atoms with E-state index < -0.39 is 5.91 Å². The van der Waals surface area contributed by atoms with Gasteiger partial charge in [-0.3, -0.25) is 4.79 Å². The maximum Gasteiger partial charge on any atom is 0.267 e. The van der Waals surface area contributed by atoms with E-state index in [-0.39, 0.29) is 0 Å². The number of primary amides is 1. The first-order valence-corrected chi connectivity index (χ1v) is 6.00. The number of nitrogens with zero attached hydrogens (tertiary/aromatic N) is 1. The molecule has 1 aliphatic rings. The number of amides is 1. The van der Waals surface area contributed by atoms with E-state index in [1.165, 1.54) is 12.8 Å². The van der Waals surface area contributed by atoms with Gasteiger partial charge in [0.1, 0.15) is 11.5 Å². The molecule has 0 spiro atoms. The van der Waals surface area contributed by atoms with Gasteiger partial charge in [0.15, 0.2) is 0 Å². The third kappa shape index (κ3) is 3.42. The highest BCUT2D eigenvalue weighted by molar-refractivity contribution is 5.91. The number of carbonyl (C=O) groups is 1. The molecule has 92 valence electrons. The summed E-state index contributed by atoms with van der Waals surface area (Å²) in [5, 5.41) is 6.65. The summed E-state index contributed by atoms with van der Waals surface area (Å²) in [4.78, 5) is 15.1. The van der Waals surface area contributed by atoms with E-state index in [4.69, 9.17) is 5.73 Å². The van der Waals surface area contributed by atoms with Gasteiger partial charge in [0.05, 0.1) is 0 Å². The smallest absolute Gasteiger partial charge is 0.267 e. The largest absolute Gasteiger partial charge is 0.370 e. The molecule has 0 radical (unpaired) electrons. The van der Waals surface area contributed by atoms with Crippen LogP contribution >= 0.6 is 0 Å². The molecule has 0 bridgehead atoms. The van der Waals surface area contributed by atoms with Gasteiger partial charge in [0.25, 0.3) is 5.91 Å². The van der Waals surface area contributed by atoms with Crippen LogP contribution in [0.15, 0.2) is 18.2 Å². The average Bonchev–Trinajstić information content (AvgIpc) is 2.82. The van der Waals surface area contributed by atoms with Gasteiger partial charge in [0.2, 0.25) is 0 Å². The SMILES string of the molecule is NC(=O)c1cccc(NCC[C@H]2CCCN2)n1. The van der Waals surface area contributed by atoms with Crippen LogP contribution in [0, 0.1) is 0 Å². The van der Waals surface area contributed by atoms with Crippen molar-refractivity contribution >= 4 is 11.7 Å². The van der Waals surface area contributed by atoms with E-state index in [0.717, 1.165) is 19.5 Å². The lowest BCUT2D eigenvalue weighted by Gasteiger charge is -2.11. The van der Waals surface area contributed by atoms with Crippen LogP contribution in [-0.4, -0.2) is 30.0 Å². The van der Waals surface area contributed by atoms with Gasteiger partial charge in [-0.1, -0.05) is 6.07 Å². The van der Waals surface area contributed by atoms with Crippen LogP contribution in [0.5, 0.6) is 0 Å². The number of aromatic nitrogens is 1. The Morgan fingerprint density at radius 2 is 2.47 bits per heavy atom. The van der Waals surface area contributed by atoms with E-state index in [0.29, 0.717) is 17.6 Å². The number of pyridine rings is 1. The zero-order valence-corrected chi connectivity index (χ0v) is 9.78. The van der Waals surface area contributed by atoms with Gasteiger partial charge in [-0.05, 0) is 37.9 Å². The molecule has 1 aromatic rings. The Morgan fingerprint density at radius 1 is 1.59 bits per heavy atom. The summed E-state index contributed by atoms with van der Waals surface area (Å²) >= 11 is 0. The topological polar surface area (TPSA) is 80.0 Å². The normalized spacial score (nSPS) is 19.2. The minimum absolute atomic E-state index is 0.300. The van der Waals surface area contributed by atoms with Crippen molar-refractivity contribution in [2.75, 3.05) is 18.4 Å². The van der Waals surface area contributed by atoms with Crippen molar-refractivity contribution in [3.05, 3.63) is 23.9 Å². The molecule has 2 heterocycles. The summed E-state index contributed by atoms with van der Waals surface area (Å²) in [5.74, 6) is 0.213. The Hall–Kier alpha value is -1.62. The zero-order chi connectivity index (χ0) is 12.1. The second-order valence-electron chi connectivity index (χ2n) is 4.28. The summed E-state index contributed by atoms with van der Waals surface area (Å²) in [7, 11) is 0. The molecule has 1 atom stereocenters. The van der Waals surface area contributed by atoms with Gasteiger partial charge >= 0.3 is 0 Å². The molecule has 1 aliphatic heterocycles. The highest BCUT2D eigenvalue weighted by Crippen LogP contribution is 2.09. The fourth-order valence-electron chi connectivity index (χ4n) is 2.05. The minimum atomic E-state index is -0.494. The van der Waals surface area contributed by atoms with Crippen LogP contribution in [-0.2, 0) is 0 Å². The third-order valence-electron chi connectivity index (χ3n) is 2.96. The lowest BCUT2D eigenvalue weighted by atomic mass is 10.1. The molecule has 1 saturated heterocycles. The van der Waals surface area contributed by atoms with E-state index in [1.807, 2.05) is 6.07 Å². The van der Waals surface area contributed by atoms with Crippen LogP contribution in [0.25, 0.3) is 0 Å². The van der Waals surface area contributed by atoms with Crippen molar-refractivity contribution in [2.45, 2.75) is 25.3 Å². The van der Waals surface area contributed by atoms with Crippen LogP contribution < -0.4 is 16.4 Å². The van der Waals surface area contributed by atoms with Crippen LogP contribution in [0.3, 0.4) is 0 Å². The lowest BCUT2D eigenvalue weighted by molar-refractivity contribution is 0.0995. The second-order valence-corrected chi connectivity index (χ2v) is 4.28. The molecule has 1 aromatic heterocycles. The highest BCUT2D eigenvalue weighted by Gasteiger charge is 2.13. The molecule has 4 N–H and O–H groups in total. The molecule has 17 heavy (non-hydrogen) atoms. The number of rotatable bonds is 5. The first kappa shape index (κ1) is 11.9.